The van der Waals surface area contributed by atoms with Gasteiger partial charge in [0.25, 0.3) is 5.24 Å². The standard InChI is InChI=1S/C9H6F3NO.C2HClO2/c10-9(11,12)14-7-2-1-6-3-4-13-8(6)5-7;3-2(5)1-4/h1-5,13H;1H. The number of ether oxygens (including phenoxy) is 1. The van der Waals surface area contributed by atoms with E-state index in [4.69, 9.17) is 4.79 Å². The number of carbonyl (C=O) groups excluding carboxylic acids is 2. The van der Waals surface area contributed by atoms with E-state index in [9.17, 15) is 18.0 Å². The lowest BCUT2D eigenvalue weighted by molar-refractivity contribution is -0.274. The molecule has 0 aliphatic carbocycles. The van der Waals surface area contributed by atoms with E-state index in [1.54, 1.807) is 18.3 Å². The van der Waals surface area contributed by atoms with Gasteiger partial charge in [-0.3, -0.25) is 9.59 Å². The number of alkyl halides is 3. The molecule has 0 atom stereocenters. The lowest BCUT2D eigenvalue weighted by atomic mass is 10.2. The molecular weight excluding hydrogens is 287 g/mol. The summed E-state index contributed by atoms with van der Waals surface area (Å²) >= 11 is 4.46. The van der Waals surface area contributed by atoms with E-state index in [2.05, 4.69) is 21.3 Å². The maximum Gasteiger partial charge on any atom is 0.573 e. The number of rotatable bonds is 2. The van der Waals surface area contributed by atoms with Crippen molar-refractivity contribution in [3.05, 3.63) is 30.5 Å². The third kappa shape index (κ3) is 5.43. The van der Waals surface area contributed by atoms with Crippen LogP contribution in [0.25, 0.3) is 10.9 Å². The van der Waals surface area contributed by atoms with E-state index >= 15 is 0 Å². The predicted molar refractivity (Wildman–Crippen MR) is 61.9 cm³/mol. The summed E-state index contributed by atoms with van der Waals surface area (Å²) in [7, 11) is 0. The zero-order chi connectivity index (χ0) is 14.5. The third-order valence-corrected chi connectivity index (χ3v) is 1.94. The SMILES string of the molecule is FC(F)(F)Oc1ccc2cc[nH]c2c1.O=CC(=O)Cl. The fourth-order valence-corrected chi connectivity index (χ4v) is 1.22. The summed E-state index contributed by atoms with van der Waals surface area (Å²) in [5, 5.41) is -0.107. The van der Waals surface area contributed by atoms with Gasteiger partial charge in [-0.2, -0.15) is 0 Å². The summed E-state index contributed by atoms with van der Waals surface area (Å²) in [6.07, 6.45) is -2.94. The van der Waals surface area contributed by atoms with E-state index in [0.717, 1.165) is 5.39 Å². The van der Waals surface area contributed by atoms with Gasteiger partial charge in [0.15, 0.2) is 0 Å². The topological polar surface area (TPSA) is 59.2 Å². The van der Waals surface area contributed by atoms with Crippen molar-refractivity contribution < 1.29 is 27.5 Å². The Morgan fingerprint density at radius 3 is 2.47 bits per heavy atom. The van der Waals surface area contributed by atoms with Crippen LogP contribution in [0.1, 0.15) is 0 Å². The first-order valence-corrected chi connectivity index (χ1v) is 5.17. The molecule has 4 nitrogen and oxygen atoms in total. The molecule has 1 heterocycles. The maximum atomic E-state index is 11.8. The van der Waals surface area contributed by atoms with Gasteiger partial charge in [0.2, 0.25) is 6.29 Å². The minimum Gasteiger partial charge on any atom is -0.406 e. The van der Waals surface area contributed by atoms with Crippen LogP contribution in [-0.2, 0) is 9.59 Å². The second-order valence-corrected chi connectivity index (χ2v) is 3.57. The number of aromatic amines is 1. The second kappa shape index (κ2) is 6.24. The average molecular weight is 294 g/mol. The largest absolute Gasteiger partial charge is 0.573 e. The van der Waals surface area contributed by atoms with E-state index in [1.807, 2.05) is 0 Å². The van der Waals surface area contributed by atoms with Crippen molar-refractivity contribution in [1.29, 1.82) is 0 Å². The molecule has 19 heavy (non-hydrogen) atoms. The van der Waals surface area contributed by atoms with Crippen LogP contribution in [0.4, 0.5) is 13.2 Å². The number of H-pyrrole nitrogens is 1. The first-order valence-electron chi connectivity index (χ1n) is 4.79. The molecule has 0 saturated carbocycles. The van der Waals surface area contributed by atoms with Crippen LogP contribution in [0.15, 0.2) is 30.5 Å². The van der Waals surface area contributed by atoms with Crippen molar-refractivity contribution in [3.8, 4) is 5.75 Å². The number of hydrogen-bond acceptors (Lipinski definition) is 3. The quantitative estimate of drug-likeness (QED) is 0.526. The van der Waals surface area contributed by atoms with E-state index in [0.29, 0.717) is 5.52 Å². The molecular formula is C11H7ClF3NO3. The molecule has 1 N–H and O–H groups in total. The highest BCUT2D eigenvalue weighted by molar-refractivity contribution is 6.77. The number of carbonyl (C=O) groups is 2. The van der Waals surface area contributed by atoms with Crippen molar-refractivity contribution in [1.82, 2.24) is 4.98 Å². The zero-order valence-electron chi connectivity index (χ0n) is 9.20. The molecule has 0 radical (unpaired) electrons. The lowest BCUT2D eigenvalue weighted by Crippen LogP contribution is -2.16. The van der Waals surface area contributed by atoms with Crippen LogP contribution < -0.4 is 4.74 Å². The van der Waals surface area contributed by atoms with Crippen LogP contribution in [-0.4, -0.2) is 22.9 Å². The summed E-state index contributed by atoms with van der Waals surface area (Å²) in [4.78, 5) is 21.0. The van der Waals surface area contributed by atoms with Gasteiger partial charge in [0, 0.05) is 17.8 Å². The minimum absolute atomic E-state index is 0.0432. The predicted octanol–water partition coefficient (Wildman–Crippen LogP) is 3.02. The average Bonchev–Trinajstić information content (AvgIpc) is 2.74. The van der Waals surface area contributed by atoms with Crippen LogP contribution in [0.5, 0.6) is 5.75 Å². The third-order valence-electron chi connectivity index (χ3n) is 1.85. The van der Waals surface area contributed by atoms with Crippen LogP contribution in [0, 0.1) is 0 Å². The molecule has 0 amide bonds. The number of hydrogen-bond donors (Lipinski definition) is 1. The van der Waals surface area contributed by atoms with Crippen molar-refractivity contribution >= 4 is 34.0 Å². The Hall–Kier alpha value is -2.02. The monoisotopic (exact) mass is 293 g/mol. The minimum atomic E-state index is -4.64. The van der Waals surface area contributed by atoms with Gasteiger partial charge in [0.1, 0.15) is 5.75 Å². The van der Waals surface area contributed by atoms with Crippen molar-refractivity contribution in [2.45, 2.75) is 6.36 Å². The molecule has 0 aliphatic rings. The molecule has 0 unspecified atom stereocenters. The molecule has 102 valence electrons. The Kier molecular flexibility index (Phi) is 4.94. The number of nitrogens with one attached hydrogen (secondary N) is 1. The summed E-state index contributed by atoms with van der Waals surface area (Å²) in [5.41, 5.74) is 0.617. The number of benzene rings is 1. The molecule has 0 aliphatic heterocycles. The fraction of sp³-hybridized carbons (Fsp3) is 0.0909. The normalized spacial score (nSPS) is 10.5. The first kappa shape index (κ1) is 15.0. The highest BCUT2D eigenvalue weighted by Gasteiger charge is 2.31. The summed E-state index contributed by atoms with van der Waals surface area (Å²) in [6.45, 7) is 0. The number of aldehydes is 1. The zero-order valence-corrected chi connectivity index (χ0v) is 9.96. The lowest BCUT2D eigenvalue weighted by Gasteiger charge is -2.08. The molecule has 0 spiro atoms. The summed E-state index contributed by atoms with van der Waals surface area (Å²) in [5.74, 6) is -0.215. The highest BCUT2D eigenvalue weighted by Crippen LogP contribution is 2.25. The number of halogens is 4. The molecule has 8 heteroatoms. The van der Waals surface area contributed by atoms with Gasteiger partial charge in [-0.25, -0.2) is 0 Å². The summed E-state index contributed by atoms with van der Waals surface area (Å²) < 4.78 is 39.3. The van der Waals surface area contributed by atoms with Crippen LogP contribution >= 0.6 is 11.6 Å². The molecule has 0 fully saturated rings. The highest BCUT2D eigenvalue weighted by atomic mass is 35.5. The van der Waals surface area contributed by atoms with E-state index < -0.39 is 11.6 Å². The number of aromatic nitrogens is 1. The van der Waals surface area contributed by atoms with Crippen molar-refractivity contribution in [2.24, 2.45) is 0 Å². The smallest absolute Gasteiger partial charge is 0.406 e. The Balaban J connectivity index is 0.000000312. The molecule has 0 bridgehead atoms. The van der Waals surface area contributed by atoms with Crippen molar-refractivity contribution in [2.75, 3.05) is 0 Å². The first-order chi connectivity index (χ1) is 8.81. The fourth-order valence-electron chi connectivity index (χ4n) is 1.22. The molecule has 2 aromatic rings. The van der Waals surface area contributed by atoms with E-state index in [-0.39, 0.29) is 12.0 Å². The van der Waals surface area contributed by atoms with Gasteiger partial charge >= 0.3 is 6.36 Å². The Morgan fingerprint density at radius 2 is 1.95 bits per heavy atom. The van der Waals surface area contributed by atoms with Crippen LogP contribution in [0.3, 0.4) is 0 Å². The maximum absolute atomic E-state index is 11.8. The van der Waals surface area contributed by atoms with Crippen molar-refractivity contribution in [3.63, 3.8) is 0 Å². The Labute approximate surface area is 110 Å². The Bertz CT molecular complexity index is 580. The van der Waals surface area contributed by atoms with Gasteiger partial charge in [-0.05, 0) is 35.2 Å². The van der Waals surface area contributed by atoms with Gasteiger partial charge in [-0.1, -0.05) is 0 Å². The number of fused-ring (bicyclic) bond motifs is 1. The van der Waals surface area contributed by atoms with Gasteiger partial charge < -0.3 is 9.72 Å². The Morgan fingerprint density at radius 1 is 1.32 bits per heavy atom. The van der Waals surface area contributed by atoms with E-state index in [1.165, 1.54) is 12.1 Å². The summed E-state index contributed by atoms with van der Waals surface area (Å²) in [6, 6.07) is 5.92. The molecule has 2 rings (SSSR count). The molecule has 1 aromatic carbocycles. The second-order valence-electron chi connectivity index (χ2n) is 3.20. The van der Waals surface area contributed by atoms with Crippen LogP contribution in [0.2, 0.25) is 0 Å². The molecule has 1 aromatic heterocycles. The van der Waals surface area contributed by atoms with Gasteiger partial charge in [-0.15, -0.1) is 13.2 Å². The molecule has 0 saturated heterocycles. The van der Waals surface area contributed by atoms with Gasteiger partial charge in [0.05, 0.1) is 0 Å².